The van der Waals surface area contributed by atoms with Gasteiger partial charge in [-0.3, -0.25) is 4.79 Å². The van der Waals surface area contributed by atoms with Gasteiger partial charge in [-0.25, -0.2) is 0 Å². The summed E-state index contributed by atoms with van der Waals surface area (Å²) >= 11 is 0. The first-order valence-electron chi connectivity index (χ1n) is 10.7. The lowest BCUT2D eigenvalue weighted by Crippen LogP contribution is -2.20. The second kappa shape index (κ2) is 12.9. The molecule has 2 aromatic rings. The van der Waals surface area contributed by atoms with Crippen molar-refractivity contribution in [1.82, 2.24) is 0 Å². The smallest absolute Gasteiger partial charge is 0.147 e. The van der Waals surface area contributed by atoms with Gasteiger partial charge in [0.25, 0.3) is 0 Å². The molecule has 1 saturated carbocycles. The molecule has 0 N–H and O–H groups in total. The van der Waals surface area contributed by atoms with Gasteiger partial charge in [0.05, 0.1) is 5.41 Å². The largest absolute Gasteiger partial charge is 0.298 e. The van der Waals surface area contributed by atoms with Gasteiger partial charge in [0.2, 0.25) is 0 Å². The molecule has 1 nitrogen and oxygen atoms in total. The molecule has 0 aliphatic heterocycles. The van der Waals surface area contributed by atoms with E-state index in [4.69, 9.17) is 0 Å². The van der Waals surface area contributed by atoms with Gasteiger partial charge in [0, 0.05) is 6.42 Å². The molecular formula is C27H36O. The molecule has 28 heavy (non-hydrogen) atoms. The van der Waals surface area contributed by atoms with Crippen molar-refractivity contribution in [3.05, 3.63) is 95.6 Å². The first-order chi connectivity index (χ1) is 13.7. The number of rotatable bonds is 4. The minimum absolute atomic E-state index is 0.148. The number of carbonyl (C=O) groups is 1. The van der Waals surface area contributed by atoms with Crippen molar-refractivity contribution in [2.75, 3.05) is 0 Å². The second-order valence-corrected chi connectivity index (χ2v) is 6.66. The topological polar surface area (TPSA) is 17.1 Å². The van der Waals surface area contributed by atoms with Crippen LogP contribution < -0.4 is 0 Å². The van der Waals surface area contributed by atoms with Crippen LogP contribution in [0.5, 0.6) is 0 Å². The van der Waals surface area contributed by atoms with Crippen molar-refractivity contribution in [2.24, 2.45) is 0 Å². The summed E-state index contributed by atoms with van der Waals surface area (Å²) in [6.45, 7) is 10.1. The lowest BCUT2D eigenvalue weighted by atomic mass is 9.88. The first-order valence-corrected chi connectivity index (χ1v) is 10.7. The average molecular weight is 377 g/mol. The number of allylic oxidation sites excluding steroid dienone is 4. The number of Topliss-reactive ketones (excluding diaryl/α,β-unsaturated/α-hetero) is 1. The fourth-order valence-corrected chi connectivity index (χ4v) is 3.14. The third kappa shape index (κ3) is 6.96. The SMILES string of the molecule is CC.CC.Cc1ccccc1.O=C(CC1=CC=CC1)C1(c2ccccc2)CC1. The van der Waals surface area contributed by atoms with Crippen LogP contribution in [-0.2, 0) is 10.2 Å². The number of hydrogen-bond acceptors (Lipinski definition) is 1. The molecule has 2 aliphatic carbocycles. The molecular weight excluding hydrogens is 340 g/mol. The Bertz CT molecular complexity index is 734. The summed E-state index contributed by atoms with van der Waals surface area (Å²) in [5.41, 5.74) is 3.64. The number of hydrogen-bond donors (Lipinski definition) is 0. The van der Waals surface area contributed by atoms with E-state index in [1.807, 2.05) is 70.2 Å². The maximum atomic E-state index is 12.4. The standard InChI is InChI=1S/C16H16O.C7H8.2C2H6/c17-15(12-13-6-4-5-7-13)16(10-11-16)14-8-2-1-3-9-14;1-7-5-3-2-4-6-7;2*1-2/h1-6,8-9H,7,10-12H2;2-6H,1H3;2*1-2H3. The first kappa shape index (κ1) is 23.6. The molecule has 0 spiro atoms. The number of benzene rings is 2. The van der Waals surface area contributed by atoms with Crippen LogP contribution in [0.1, 0.15) is 64.5 Å². The predicted molar refractivity (Wildman–Crippen MR) is 123 cm³/mol. The molecule has 0 bridgehead atoms. The summed E-state index contributed by atoms with van der Waals surface area (Å²) in [4.78, 5) is 12.4. The molecule has 150 valence electrons. The normalized spacial score (nSPS) is 14.8. The predicted octanol–water partition coefficient (Wildman–Crippen LogP) is 7.61. The zero-order valence-electron chi connectivity index (χ0n) is 18.2. The highest BCUT2D eigenvalue weighted by molar-refractivity contribution is 5.94. The molecule has 4 rings (SSSR count). The van der Waals surface area contributed by atoms with Gasteiger partial charge in [0.1, 0.15) is 5.78 Å². The van der Waals surface area contributed by atoms with E-state index in [1.54, 1.807) is 0 Å². The van der Waals surface area contributed by atoms with Crippen molar-refractivity contribution in [1.29, 1.82) is 0 Å². The van der Waals surface area contributed by atoms with Gasteiger partial charge in [-0.05, 0) is 31.7 Å². The maximum absolute atomic E-state index is 12.4. The molecule has 2 aromatic carbocycles. The Morgan fingerprint density at radius 3 is 1.79 bits per heavy atom. The third-order valence-corrected chi connectivity index (χ3v) is 4.79. The molecule has 1 heteroatoms. The number of aryl methyl sites for hydroxylation is 1. The third-order valence-electron chi connectivity index (χ3n) is 4.79. The van der Waals surface area contributed by atoms with Crippen LogP contribution in [0.2, 0.25) is 0 Å². The molecule has 2 aliphatic rings. The Balaban J connectivity index is 0.000000299. The van der Waals surface area contributed by atoms with Gasteiger partial charge in [-0.1, -0.05) is 118 Å². The monoisotopic (exact) mass is 376 g/mol. The Labute approximate surface area is 172 Å². The molecule has 0 saturated heterocycles. The van der Waals surface area contributed by atoms with Crippen LogP contribution in [0.15, 0.2) is 84.5 Å². The highest BCUT2D eigenvalue weighted by atomic mass is 16.1. The van der Waals surface area contributed by atoms with Crippen LogP contribution >= 0.6 is 0 Å². The summed E-state index contributed by atoms with van der Waals surface area (Å²) in [7, 11) is 0. The average Bonchev–Trinajstić information content (AvgIpc) is 3.43. The van der Waals surface area contributed by atoms with Gasteiger partial charge in [0.15, 0.2) is 0 Å². The van der Waals surface area contributed by atoms with Crippen LogP contribution in [0.25, 0.3) is 0 Å². The highest BCUT2D eigenvalue weighted by Gasteiger charge is 2.50. The number of ketones is 1. The summed E-state index contributed by atoms with van der Waals surface area (Å²) in [5.74, 6) is 0.402. The zero-order chi connectivity index (χ0) is 20.8. The molecule has 0 radical (unpaired) electrons. The van der Waals surface area contributed by atoms with Gasteiger partial charge >= 0.3 is 0 Å². The summed E-state index contributed by atoms with van der Waals surface area (Å²) in [6.07, 6.45) is 9.87. The minimum Gasteiger partial charge on any atom is -0.298 e. The molecule has 0 heterocycles. The fraction of sp³-hybridized carbons (Fsp3) is 0.370. The summed E-state index contributed by atoms with van der Waals surface area (Å²) < 4.78 is 0. The Hall–Kier alpha value is -2.41. The second-order valence-electron chi connectivity index (χ2n) is 6.66. The van der Waals surface area contributed by atoms with Gasteiger partial charge in [-0.2, -0.15) is 0 Å². The highest BCUT2D eigenvalue weighted by Crippen LogP contribution is 2.50. The minimum atomic E-state index is -0.148. The van der Waals surface area contributed by atoms with Crippen molar-refractivity contribution < 1.29 is 4.79 Å². The van der Waals surface area contributed by atoms with Crippen molar-refractivity contribution in [2.45, 2.75) is 65.7 Å². The van der Waals surface area contributed by atoms with E-state index in [2.05, 4.69) is 43.3 Å². The summed E-state index contributed by atoms with van der Waals surface area (Å²) in [5, 5.41) is 0. The molecule has 1 fully saturated rings. The Morgan fingerprint density at radius 1 is 0.857 bits per heavy atom. The maximum Gasteiger partial charge on any atom is 0.147 e. The van der Waals surface area contributed by atoms with Crippen LogP contribution in [-0.4, -0.2) is 5.78 Å². The van der Waals surface area contributed by atoms with E-state index in [0.29, 0.717) is 12.2 Å². The van der Waals surface area contributed by atoms with E-state index >= 15 is 0 Å². The van der Waals surface area contributed by atoms with Crippen LogP contribution in [0.3, 0.4) is 0 Å². The van der Waals surface area contributed by atoms with E-state index in [0.717, 1.165) is 19.3 Å². The lowest BCUT2D eigenvalue weighted by Gasteiger charge is -2.14. The lowest BCUT2D eigenvalue weighted by molar-refractivity contribution is -0.120. The molecule has 0 unspecified atom stereocenters. The molecule has 0 amide bonds. The molecule has 0 aromatic heterocycles. The number of carbonyl (C=O) groups excluding carboxylic acids is 1. The van der Waals surface area contributed by atoms with Crippen LogP contribution in [0, 0.1) is 6.92 Å². The summed E-state index contributed by atoms with van der Waals surface area (Å²) in [6, 6.07) is 20.5. The van der Waals surface area contributed by atoms with Crippen molar-refractivity contribution in [3.63, 3.8) is 0 Å². The Morgan fingerprint density at radius 2 is 1.39 bits per heavy atom. The zero-order valence-corrected chi connectivity index (χ0v) is 18.2. The van der Waals surface area contributed by atoms with E-state index in [9.17, 15) is 4.79 Å². The van der Waals surface area contributed by atoms with Crippen molar-refractivity contribution >= 4 is 5.78 Å². The van der Waals surface area contributed by atoms with E-state index in [-0.39, 0.29) is 5.41 Å². The van der Waals surface area contributed by atoms with Crippen LogP contribution in [0.4, 0.5) is 0 Å². The van der Waals surface area contributed by atoms with Gasteiger partial charge < -0.3 is 0 Å². The fourth-order valence-electron chi connectivity index (χ4n) is 3.14. The molecule has 0 atom stereocenters. The van der Waals surface area contributed by atoms with Gasteiger partial charge in [-0.15, -0.1) is 0 Å². The quantitative estimate of drug-likeness (QED) is 0.536. The Kier molecular flexibility index (Phi) is 10.9. The van der Waals surface area contributed by atoms with Crippen molar-refractivity contribution in [3.8, 4) is 0 Å². The van der Waals surface area contributed by atoms with E-state index in [1.165, 1.54) is 16.7 Å². The van der Waals surface area contributed by atoms with E-state index < -0.39 is 0 Å².